The second-order valence-corrected chi connectivity index (χ2v) is 6.09. The number of nitrogens with one attached hydrogen (secondary N) is 1. The third-order valence-electron chi connectivity index (χ3n) is 4.42. The molecule has 4 rings (SSSR count). The van der Waals surface area contributed by atoms with Crippen LogP contribution in [-0.4, -0.2) is 4.57 Å². The van der Waals surface area contributed by atoms with Crippen molar-refractivity contribution in [3.05, 3.63) is 52.4 Å². The van der Waals surface area contributed by atoms with Crippen LogP contribution in [0, 0.1) is 5.92 Å². The Morgan fingerprint density at radius 3 is 2.86 bits per heavy atom. The first-order valence-electron chi connectivity index (χ1n) is 7.54. The molecule has 1 aliphatic rings. The number of anilines is 1. The predicted molar refractivity (Wildman–Crippen MR) is 84.0 cm³/mol. The van der Waals surface area contributed by atoms with Gasteiger partial charge in [-0.25, -0.2) is 4.79 Å². The van der Waals surface area contributed by atoms with Gasteiger partial charge in [-0.3, -0.25) is 4.57 Å². The van der Waals surface area contributed by atoms with E-state index in [2.05, 4.69) is 18.3 Å². The van der Waals surface area contributed by atoms with Gasteiger partial charge in [-0.2, -0.15) is 0 Å². The van der Waals surface area contributed by atoms with Gasteiger partial charge in [0.2, 0.25) is 0 Å². The summed E-state index contributed by atoms with van der Waals surface area (Å²) in [5.41, 5.74) is 2.28. The molecule has 1 fully saturated rings. The molecule has 1 saturated carbocycles. The standard InChI is InChI=1S/C17H18N2O3/c1-10-7-13(10)15-6-4-12(21-15)9-18-11-3-5-14-16(8-11)22-17(20)19(14)2/h3-6,8,10,13,18H,7,9H2,1-2H3/t10-,13-/m1/s1. The number of rotatable bonds is 4. The van der Waals surface area contributed by atoms with E-state index in [0.29, 0.717) is 18.0 Å². The van der Waals surface area contributed by atoms with E-state index < -0.39 is 0 Å². The van der Waals surface area contributed by atoms with Gasteiger partial charge < -0.3 is 14.2 Å². The zero-order valence-electron chi connectivity index (χ0n) is 12.6. The molecule has 1 aromatic carbocycles. The van der Waals surface area contributed by atoms with Crippen LogP contribution in [0.5, 0.6) is 0 Å². The van der Waals surface area contributed by atoms with Gasteiger partial charge >= 0.3 is 5.76 Å². The Hall–Kier alpha value is -2.43. The largest absolute Gasteiger partial charge is 0.464 e. The minimum Gasteiger partial charge on any atom is -0.464 e. The summed E-state index contributed by atoms with van der Waals surface area (Å²) in [7, 11) is 1.70. The molecule has 2 aromatic heterocycles. The lowest BCUT2D eigenvalue weighted by atomic mass is 10.2. The second kappa shape index (κ2) is 4.80. The molecule has 1 aliphatic carbocycles. The molecule has 0 spiro atoms. The number of aryl methyl sites for hydroxylation is 1. The van der Waals surface area contributed by atoms with E-state index >= 15 is 0 Å². The van der Waals surface area contributed by atoms with Gasteiger partial charge in [0.25, 0.3) is 0 Å². The molecule has 2 atom stereocenters. The van der Waals surface area contributed by atoms with Gasteiger partial charge in [0, 0.05) is 24.7 Å². The maximum Gasteiger partial charge on any atom is 0.419 e. The Morgan fingerprint density at radius 1 is 1.27 bits per heavy atom. The van der Waals surface area contributed by atoms with E-state index in [1.165, 1.54) is 11.0 Å². The summed E-state index contributed by atoms with van der Waals surface area (Å²) >= 11 is 0. The van der Waals surface area contributed by atoms with Crippen LogP contribution >= 0.6 is 0 Å². The zero-order valence-corrected chi connectivity index (χ0v) is 12.6. The highest BCUT2D eigenvalue weighted by Crippen LogP contribution is 2.47. The van der Waals surface area contributed by atoms with Crippen molar-refractivity contribution in [2.45, 2.75) is 25.8 Å². The van der Waals surface area contributed by atoms with Crippen molar-refractivity contribution < 1.29 is 8.83 Å². The van der Waals surface area contributed by atoms with Crippen LogP contribution in [0.3, 0.4) is 0 Å². The van der Waals surface area contributed by atoms with E-state index in [9.17, 15) is 4.79 Å². The number of hydrogen-bond acceptors (Lipinski definition) is 4. The number of aromatic nitrogens is 1. The molecular weight excluding hydrogens is 280 g/mol. The van der Waals surface area contributed by atoms with Gasteiger partial charge in [0.1, 0.15) is 11.5 Å². The highest BCUT2D eigenvalue weighted by molar-refractivity contribution is 5.77. The highest BCUT2D eigenvalue weighted by atomic mass is 16.4. The molecule has 0 amide bonds. The number of fused-ring (bicyclic) bond motifs is 1. The SMILES string of the molecule is C[C@@H]1C[C@H]1c1ccc(CNc2ccc3c(c2)oc(=O)n3C)o1. The monoisotopic (exact) mass is 298 g/mol. The topological polar surface area (TPSA) is 60.3 Å². The van der Waals surface area contributed by atoms with E-state index in [1.54, 1.807) is 7.05 Å². The summed E-state index contributed by atoms with van der Waals surface area (Å²) in [6.45, 7) is 2.86. The second-order valence-electron chi connectivity index (χ2n) is 6.09. The van der Waals surface area contributed by atoms with Gasteiger partial charge in [-0.05, 0) is 36.6 Å². The van der Waals surface area contributed by atoms with Crippen LogP contribution in [-0.2, 0) is 13.6 Å². The van der Waals surface area contributed by atoms with Crippen LogP contribution in [0.4, 0.5) is 5.69 Å². The Labute approximate surface area is 127 Å². The Bertz CT molecular complexity index is 887. The number of benzene rings is 1. The number of furan rings is 1. The van der Waals surface area contributed by atoms with Gasteiger partial charge in [0.05, 0.1) is 12.1 Å². The average molecular weight is 298 g/mol. The molecule has 2 heterocycles. The summed E-state index contributed by atoms with van der Waals surface area (Å²) in [5.74, 6) is 3.01. The lowest BCUT2D eigenvalue weighted by molar-refractivity contribution is 0.468. The van der Waals surface area contributed by atoms with Gasteiger partial charge in [-0.1, -0.05) is 6.92 Å². The van der Waals surface area contributed by atoms with E-state index in [0.717, 1.165) is 28.6 Å². The van der Waals surface area contributed by atoms with Crippen molar-refractivity contribution in [1.29, 1.82) is 0 Å². The van der Waals surface area contributed by atoms with Crippen LogP contribution in [0.1, 0.15) is 30.8 Å². The first kappa shape index (κ1) is 13.2. The third kappa shape index (κ3) is 2.22. The zero-order chi connectivity index (χ0) is 15.3. The molecule has 5 heteroatoms. The van der Waals surface area contributed by atoms with Crippen LogP contribution in [0.25, 0.3) is 11.1 Å². The number of oxazole rings is 1. The molecule has 1 N–H and O–H groups in total. The van der Waals surface area contributed by atoms with Crippen LogP contribution in [0.2, 0.25) is 0 Å². The number of nitrogens with zero attached hydrogens (tertiary/aromatic N) is 1. The summed E-state index contributed by atoms with van der Waals surface area (Å²) in [5, 5.41) is 3.30. The molecule has 0 saturated heterocycles. The molecule has 5 nitrogen and oxygen atoms in total. The molecule has 0 bridgehead atoms. The first-order valence-corrected chi connectivity index (χ1v) is 7.54. The Kier molecular flexibility index (Phi) is 2.89. The molecule has 22 heavy (non-hydrogen) atoms. The minimum atomic E-state index is -0.346. The molecular formula is C17H18N2O3. The molecule has 0 aliphatic heterocycles. The van der Waals surface area contributed by atoms with Crippen molar-refractivity contribution in [3.8, 4) is 0 Å². The quantitative estimate of drug-likeness (QED) is 0.801. The van der Waals surface area contributed by atoms with E-state index in [-0.39, 0.29) is 5.76 Å². The first-order chi connectivity index (χ1) is 10.6. The Balaban J connectivity index is 1.49. The normalized spacial score (nSPS) is 20.5. The lowest BCUT2D eigenvalue weighted by Crippen LogP contribution is -2.08. The van der Waals surface area contributed by atoms with Crippen molar-refractivity contribution in [3.63, 3.8) is 0 Å². The smallest absolute Gasteiger partial charge is 0.419 e. The van der Waals surface area contributed by atoms with Crippen molar-refractivity contribution in [2.75, 3.05) is 5.32 Å². The third-order valence-corrected chi connectivity index (χ3v) is 4.42. The minimum absolute atomic E-state index is 0.346. The van der Waals surface area contributed by atoms with Gasteiger partial charge in [0.15, 0.2) is 5.58 Å². The van der Waals surface area contributed by atoms with Gasteiger partial charge in [-0.15, -0.1) is 0 Å². The predicted octanol–water partition coefficient (Wildman–Crippen LogP) is 3.46. The summed E-state index contributed by atoms with van der Waals surface area (Å²) in [6.07, 6.45) is 1.23. The molecule has 3 aromatic rings. The van der Waals surface area contributed by atoms with E-state index in [1.807, 2.05) is 24.3 Å². The maximum absolute atomic E-state index is 11.5. The Morgan fingerprint density at radius 2 is 2.09 bits per heavy atom. The fourth-order valence-corrected chi connectivity index (χ4v) is 2.84. The fourth-order valence-electron chi connectivity index (χ4n) is 2.84. The summed E-state index contributed by atoms with van der Waals surface area (Å²) in [6, 6.07) is 9.74. The highest BCUT2D eigenvalue weighted by Gasteiger charge is 2.36. The van der Waals surface area contributed by atoms with Crippen LogP contribution < -0.4 is 11.1 Å². The molecule has 0 unspecified atom stereocenters. The lowest BCUT2D eigenvalue weighted by Gasteiger charge is -2.04. The maximum atomic E-state index is 11.5. The summed E-state index contributed by atoms with van der Waals surface area (Å²) in [4.78, 5) is 11.5. The fraction of sp³-hybridized carbons (Fsp3) is 0.353. The van der Waals surface area contributed by atoms with Crippen molar-refractivity contribution >= 4 is 16.8 Å². The summed E-state index contributed by atoms with van der Waals surface area (Å²) < 4.78 is 12.6. The average Bonchev–Trinajstić information content (AvgIpc) is 2.95. The van der Waals surface area contributed by atoms with Crippen LogP contribution in [0.15, 0.2) is 44.0 Å². The molecule has 0 radical (unpaired) electrons. The van der Waals surface area contributed by atoms with E-state index in [4.69, 9.17) is 8.83 Å². The molecule has 114 valence electrons. The number of hydrogen-bond donors (Lipinski definition) is 1. The van der Waals surface area contributed by atoms with Crippen molar-refractivity contribution in [1.82, 2.24) is 4.57 Å². The van der Waals surface area contributed by atoms with Crippen molar-refractivity contribution in [2.24, 2.45) is 13.0 Å².